The van der Waals surface area contributed by atoms with Gasteiger partial charge in [-0.25, -0.2) is 0 Å². The molecule has 1 atom stereocenters. The fraction of sp³-hybridized carbons (Fsp3) is 0.846. The fourth-order valence-corrected chi connectivity index (χ4v) is 2.40. The third kappa shape index (κ3) is 3.72. The minimum absolute atomic E-state index is 0.128. The van der Waals surface area contributed by atoms with Crippen molar-refractivity contribution in [2.24, 2.45) is 0 Å². The summed E-state index contributed by atoms with van der Waals surface area (Å²) in [7, 11) is 0. The van der Waals surface area contributed by atoms with Gasteiger partial charge < -0.3 is 5.32 Å². The van der Waals surface area contributed by atoms with E-state index in [1.54, 1.807) is 0 Å². The summed E-state index contributed by atoms with van der Waals surface area (Å²) in [5, 5.41) is 3.46. The molecule has 104 valence electrons. The summed E-state index contributed by atoms with van der Waals surface area (Å²) in [6.07, 6.45) is 0.810. The average Bonchev–Trinajstić information content (AvgIpc) is 3.13. The summed E-state index contributed by atoms with van der Waals surface area (Å²) in [5.74, 6) is 0. The molecule has 0 amide bonds. The minimum Gasteiger partial charge on any atom is -0.312 e. The molecule has 1 N–H and O–H groups in total. The van der Waals surface area contributed by atoms with Crippen molar-refractivity contribution < 1.29 is 13.2 Å². The second-order valence-corrected chi connectivity index (χ2v) is 5.22. The molecule has 0 aromatic carbocycles. The zero-order valence-electron chi connectivity index (χ0n) is 10.8. The van der Waals surface area contributed by atoms with Crippen molar-refractivity contribution in [3.8, 4) is 0 Å². The van der Waals surface area contributed by atoms with E-state index in [9.17, 15) is 13.2 Å². The van der Waals surface area contributed by atoms with Gasteiger partial charge in [0.1, 0.15) is 0 Å². The Bertz CT molecular complexity index is 308. The second kappa shape index (κ2) is 5.61. The van der Waals surface area contributed by atoms with Gasteiger partial charge in [0, 0.05) is 37.3 Å². The van der Waals surface area contributed by atoms with Crippen molar-refractivity contribution >= 4 is 0 Å². The zero-order chi connectivity index (χ0) is 13.2. The molecule has 0 bridgehead atoms. The predicted octanol–water partition coefficient (Wildman–Crippen LogP) is 2.71. The molecule has 1 unspecified atom stereocenters. The predicted molar refractivity (Wildman–Crippen MR) is 65.4 cm³/mol. The van der Waals surface area contributed by atoms with E-state index >= 15 is 0 Å². The van der Waals surface area contributed by atoms with Gasteiger partial charge in [-0.05, 0) is 25.7 Å². The lowest BCUT2D eigenvalue weighted by atomic mass is 10.0. The number of halogens is 3. The summed E-state index contributed by atoms with van der Waals surface area (Å²) in [4.78, 5) is 2.16. The van der Waals surface area contributed by atoms with E-state index in [0.717, 1.165) is 13.0 Å². The maximum absolute atomic E-state index is 12.5. The van der Waals surface area contributed by atoms with Crippen molar-refractivity contribution in [3.63, 3.8) is 0 Å². The standard InChI is InChI=1S/C13H21F3N2/c1-2-12(9-17-11-3-4-11)18-7-5-10(6-8-18)13(14,15)16/h5,11-12,17H,2-4,6-9H2,1H3. The van der Waals surface area contributed by atoms with Crippen LogP contribution < -0.4 is 5.32 Å². The summed E-state index contributed by atoms with van der Waals surface area (Å²) in [6.45, 7) is 3.95. The smallest absolute Gasteiger partial charge is 0.312 e. The van der Waals surface area contributed by atoms with Crippen molar-refractivity contribution in [2.45, 2.75) is 50.9 Å². The second-order valence-electron chi connectivity index (χ2n) is 5.22. The molecule has 2 nitrogen and oxygen atoms in total. The Morgan fingerprint density at radius 2 is 2.17 bits per heavy atom. The topological polar surface area (TPSA) is 15.3 Å². The quantitative estimate of drug-likeness (QED) is 0.766. The number of rotatable bonds is 5. The monoisotopic (exact) mass is 262 g/mol. The van der Waals surface area contributed by atoms with Crippen LogP contribution in [0.5, 0.6) is 0 Å². The van der Waals surface area contributed by atoms with Gasteiger partial charge in [-0.1, -0.05) is 13.0 Å². The highest BCUT2D eigenvalue weighted by molar-refractivity contribution is 5.13. The first kappa shape index (κ1) is 13.9. The molecule has 2 rings (SSSR count). The lowest BCUT2D eigenvalue weighted by molar-refractivity contribution is -0.0964. The van der Waals surface area contributed by atoms with Crippen LogP contribution in [0, 0.1) is 0 Å². The first-order chi connectivity index (χ1) is 8.50. The summed E-state index contributed by atoms with van der Waals surface area (Å²) < 4.78 is 37.5. The fourth-order valence-electron chi connectivity index (χ4n) is 2.40. The van der Waals surface area contributed by atoms with E-state index in [4.69, 9.17) is 0 Å². The SMILES string of the molecule is CCC(CNC1CC1)N1CC=C(C(F)(F)F)CC1. The Balaban J connectivity index is 1.84. The van der Waals surface area contributed by atoms with E-state index in [1.807, 2.05) is 0 Å². The zero-order valence-corrected chi connectivity index (χ0v) is 10.8. The highest BCUT2D eigenvalue weighted by Crippen LogP contribution is 2.30. The average molecular weight is 262 g/mol. The molecule has 2 aliphatic rings. The van der Waals surface area contributed by atoms with Crippen molar-refractivity contribution in [2.75, 3.05) is 19.6 Å². The van der Waals surface area contributed by atoms with Gasteiger partial charge in [-0.2, -0.15) is 13.2 Å². The molecule has 1 aliphatic carbocycles. The minimum atomic E-state index is -4.14. The van der Waals surface area contributed by atoms with Crippen LogP contribution in [0.2, 0.25) is 0 Å². The summed E-state index contributed by atoms with van der Waals surface area (Å²) >= 11 is 0. The van der Waals surface area contributed by atoms with Crippen LogP contribution in [0.4, 0.5) is 13.2 Å². The Kier molecular flexibility index (Phi) is 4.33. The third-order valence-corrected chi connectivity index (χ3v) is 3.81. The van der Waals surface area contributed by atoms with Crippen LogP contribution in [-0.4, -0.2) is 42.8 Å². The lowest BCUT2D eigenvalue weighted by Crippen LogP contribution is -2.45. The Morgan fingerprint density at radius 3 is 2.61 bits per heavy atom. The Hall–Kier alpha value is -0.550. The Morgan fingerprint density at radius 1 is 1.44 bits per heavy atom. The van der Waals surface area contributed by atoms with Crippen LogP contribution in [-0.2, 0) is 0 Å². The lowest BCUT2D eigenvalue weighted by Gasteiger charge is -2.34. The molecular formula is C13H21F3N2. The number of hydrogen-bond donors (Lipinski definition) is 1. The first-order valence-corrected chi connectivity index (χ1v) is 6.74. The van der Waals surface area contributed by atoms with Crippen LogP contribution in [0.1, 0.15) is 32.6 Å². The van der Waals surface area contributed by atoms with Crippen molar-refractivity contribution in [1.29, 1.82) is 0 Å². The van der Waals surface area contributed by atoms with Gasteiger partial charge in [0.2, 0.25) is 0 Å². The molecule has 0 saturated heterocycles. The summed E-state index contributed by atoms with van der Waals surface area (Å²) in [6, 6.07) is 1.02. The molecule has 0 aromatic heterocycles. The third-order valence-electron chi connectivity index (χ3n) is 3.81. The van der Waals surface area contributed by atoms with Crippen LogP contribution >= 0.6 is 0 Å². The molecule has 0 spiro atoms. The number of alkyl halides is 3. The number of hydrogen-bond acceptors (Lipinski definition) is 2. The molecule has 0 radical (unpaired) electrons. The van der Waals surface area contributed by atoms with Crippen LogP contribution in [0.15, 0.2) is 11.6 Å². The molecule has 18 heavy (non-hydrogen) atoms. The Labute approximate surface area is 106 Å². The van der Waals surface area contributed by atoms with Crippen molar-refractivity contribution in [3.05, 3.63) is 11.6 Å². The maximum Gasteiger partial charge on any atom is 0.412 e. The highest BCUT2D eigenvalue weighted by atomic mass is 19.4. The molecule has 1 fully saturated rings. The van der Waals surface area contributed by atoms with Crippen LogP contribution in [0.25, 0.3) is 0 Å². The van der Waals surface area contributed by atoms with Gasteiger partial charge in [0.05, 0.1) is 0 Å². The van der Waals surface area contributed by atoms with Gasteiger partial charge in [0.15, 0.2) is 0 Å². The number of nitrogens with one attached hydrogen (secondary N) is 1. The van der Waals surface area contributed by atoms with Crippen molar-refractivity contribution in [1.82, 2.24) is 10.2 Å². The highest BCUT2D eigenvalue weighted by Gasteiger charge is 2.35. The van der Waals surface area contributed by atoms with E-state index in [-0.39, 0.29) is 12.0 Å². The molecule has 0 aromatic rings. The van der Waals surface area contributed by atoms with Gasteiger partial charge in [-0.3, -0.25) is 4.90 Å². The molecule has 5 heteroatoms. The normalized spacial score (nSPS) is 23.9. The summed E-state index contributed by atoms with van der Waals surface area (Å²) in [5.41, 5.74) is -0.358. The largest absolute Gasteiger partial charge is 0.412 e. The molecule has 1 aliphatic heterocycles. The molecular weight excluding hydrogens is 241 g/mol. The van der Waals surface area contributed by atoms with E-state index in [0.29, 0.717) is 25.2 Å². The molecule has 1 saturated carbocycles. The van der Waals surface area contributed by atoms with Crippen LogP contribution in [0.3, 0.4) is 0 Å². The van der Waals surface area contributed by atoms with E-state index in [2.05, 4.69) is 17.1 Å². The van der Waals surface area contributed by atoms with Gasteiger partial charge in [0.25, 0.3) is 0 Å². The van der Waals surface area contributed by atoms with Gasteiger partial charge >= 0.3 is 6.18 Å². The van der Waals surface area contributed by atoms with Gasteiger partial charge in [-0.15, -0.1) is 0 Å². The van der Waals surface area contributed by atoms with E-state index < -0.39 is 6.18 Å². The first-order valence-electron chi connectivity index (χ1n) is 6.74. The molecule has 1 heterocycles. The van der Waals surface area contributed by atoms with E-state index in [1.165, 1.54) is 18.9 Å². The maximum atomic E-state index is 12.5. The number of nitrogens with zero attached hydrogens (tertiary/aromatic N) is 1.